The normalized spacial score (nSPS) is 12.9. The third kappa shape index (κ3) is 3.67. The quantitative estimate of drug-likeness (QED) is 0.754. The molecule has 0 fully saturated rings. The van der Waals surface area contributed by atoms with Gasteiger partial charge in [0.05, 0.1) is 0 Å². The fraction of sp³-hybridized carbons (Fsp3) is 0.462. The highest BCUT2D eigenvalue weighted by Crippen LogP contribution is 2.29. The maximum absolute atomic E-state index is 11.2. The van der Waals surface area contributed by atoms with E-state index in [0.29, 0.717) is 12.3 Å². The molecule has 1 unspecified atom stereocenters. The lowest BCUT2D eigenvalue weighted by atomic mass is 9.85. The molecule has 0 spiro atoms. The van der Waals surface area contributed by atoms with Crippen molar-refractivity contribution in [2.75, 3.05) is 0 Å². The van der Waals surface area contributed by atoms with E-state index in [-0.39, 0.29) is 11.7 Å². The van der Waals surface area contributed by atoms with Gasteiger partial charge in [0.2, 0.25) is 0 Å². The van der Waals surface area contributed by atoms with E-state index in [0.717, 1.165) is 10.6 Å². The molecular formula is C13H17ClO. The number of halogens is 1. The van der Waals surface area contributed by atoms with Gasteiger partial charge < -0.3 is 4.79 Å². The number of hydrogen-bond donors (Lipinski definition) is 0. The summed E-state index contributed by atoms with van der Waals surface area (Å²) in [5.41, 5.74) is 1.16. The van der Waals surface area contributed by atoms with Gasteiger partial charge in [-0.2, -0.15) is 0 Å². The predicted molar refractivity (Wildman–Crippen MR) is 64.3 cm³/mol. The molecule has 0 bridgehead atoms. The molecule has 1 atom stereocenters. The highest BCUT2D eigenvalue weighted by molar-refractivity contribution is 6.30. The first-order chi connectivity index (χ1) is 7.00. The number of benzene rings is 1. The molecule has 0 amide bonds. The molecule has 0 aliphatic heterocycles. The number of carbonyl (C=O) groups is 1. The minimum atomic E-state index is 0.230. The second-order valence-electron chi connectivity index (χ2n) is 4.31. The first-order valence-electron chi connectivity index (χ1n) is 5.25. The van der Waals surface area contributed by atoms with Gasteiger partial charge in [0.15, 0.2) is 0 Å². The molecule has 1 aromatic rings. The summed E-state index contributed by atoms with van der Waals surface area (Å²) in [4.78, 5) is 11.2. The summed E-state index contributed by atoms with van der Waals surface area (Å²) < 4.78 is 0. The third-order valence-corrected chi connectivity index (χ3v) is 2.82. The fourth-order valence-electron chi connectivity index (χ4n) is 1.79. The molecule has 1 rings (SSSR count). The maximum Gasteiger partial charge on any atom is 0.130 e. The second-order valence-corrected chi connectivity index (χ2v) is 4.75. The first kappa shape index (κ1) is 12.3. The summed E-state index contributed by atoms with van der Waals surface area (Å²) in [7, 11) is 0. The highest BCUT2D eigenvalue weighted by Gasteiger charge is 2.17. The Morgan fingerprint density at radius 1 is 1.40 bits per heavy atom. The van der Waals surface area contributed by atoms with Gasteiger partial charge in [0.1, 0.15) is 5.78 Å². The summed E-state index contributed by atoms with van der Waals surface area (Å²) in [5, 5.41) is 0.738. The molecule has 1 aromatic carbocycles. The summed E-state index contributed by atoms with van der Waals surface area (Å²) in [5.74, 6) is 0.960. The first-order valence-corrected chi connectivity index (χ1v) is 5.63. The zero-order valence-corrected chi connectivity index (χ0v) is 10.2. The van der Waals surface area contributed by atoms with Crippen molar-refractivity contribution in [3.63, 3.8) is 0 Å². The molecule has 2 heteroatoms. The number of ketones is 1. The van der Waals surface area contributed by atoms with Crippen LogP contribution in [0.5, 0.6) is 0 Å². The summed E-state index contributed by atoms with van der Waals surface area (Å²) >= 11 is 5.95. The van der Waals surface area contributed by atoms with E-state index in [1.165, 1.54) is 0 Å². The standard InChI is InChI=1S/C13H17ClO/c1-9(2)13(7-10(3)15)11-5-4-6-12(14)8-11/h4-6,8-9,13H,7H2,1-3H3. The van der Waals surface area contributed by atoms with Crippen LogP contribution in [0.15, 0.2) is 24.3 Å². The Morgan fingerprint density at radius 2 is 2.07 bits per heavy atom. The largest absolute Gasteiger partial charge is 0.300 e. The van der Waals surface area contributed by atoms with Crippen LogP contribution in [0, 0.1) is 5.92 Å². The van der Waals surface area contributed by atoms with Crippen molar-refractivity contribution in [2.24, 2.45) is 5.92 Å². The van der Waals surface area contributed by atoms with Crippen LogP contribution in [0.25, 0.3) is 0 Å². The van der Waals surface area contributed by atoms with Gasteiger partial charge in [0, 0.05) is 11.4 Å². The van der Waals surface area contributed by atoms with Gasteiger partial charge in [-0.25, -0.2) is 0 Å². The minimum absolute atomic E-state index is 0.230. The number of carbonyl (C=O) groups excluding carboxylic acids is 1. The Bertz CT molecular complexity index is 344. The minimum Gasteiger partial charge on any atom is -0.300 e. The van der Waals surface area contributed by atoms with E-state index in [2.05, 4.69) is 13.8 Å². The molecule has 0 N–H and O–H groups in total. The predicted octanol–water partition coefficient (Wildman–Crippen LogP) is 4.06. The van der Waals surface area contributed by atoms with E-state index in [9.17, 15) is 4.79 Å². The van der Waals surface area contributed by atoms with E-state index >= 15 is 0 Å². The zero-order valence-electron chi connectivity index (χ0n) is 9.46. The summed E-state index contributed by atoms with van der Waals surface area (Å²) in [6, 6.07) is 7.79. The maximum atomic E-state index is 11.2. The Hall–Kier alpha value is -0.820. The lowest BCUT2D eigenvalue weighted by molar-refractivity contribution is -0.117. The Labute approximate surface area is 96.5 Å². The summed E-state index contributed by atoms with van der Waals surface area (Å²) in [6.45, 7) is 5.91. The van der Waals surface area contributed by atoms with Gasteiger partial charge >= 0.3 is 0 Å². The molecule has 0 aliphatic carbocycles. The van der Waals surface area contributed by atoms with Crippen LogP contribution < -0.4 is 0 Å². The average Bonchev–Trinajstić information content (AvgIpc) is 2.13. The van der Waals surface area contributed by atoms with Crippen molar-refractivity contribution >= 4 is 17.4 Å². The molecule has 0 radical (unpaired) electrons. The Morgan fingerprint density at radius 3 is 2.53 bits per heavy atom. The van der Waals surface area contributed by atoms with Crippen LogP contribution in [0.2, 0.25) is 5.02 Å². The molecular weight excluding hydrogens is 208 g/mol. The average molecular weight is 225 g/mol. The molecule has 0 aliphatic rings. The Kier molecular flexibility index (Phi) is 4.34. The third-order valence-electron chi connectivity index (χ3n) is 2.59. The SMILES string of the molecule is CC(=O)CC(c1cccc(Cl)c1)C(C)C. The van der Waals surface area contributed by atoms with Crippen molar-refractivity contribution in [2.45, 2.75) is 33.1 Å². The van der Waals surface area contributed by atoms with Crippen LogP contribution in [0.1, 0.15) is 38.7 Å². The topological polar surface area (TPSA) is 17.1 Å². The van der Waals surface area contributed by atoms with Crippen LogP contribution in [0.3, 0.4) is 0 Å². The van der Waals surface area contributed by atoms with Crippen molar-refractivity contribution in [1.82, 2.24) is 0 Å². The summed E-state index contributed by atoms with van der Waals surface area (Å²) in [6.07, 6.45) is 0.595. The van der Waals surface area contributed by atoms with Crippen molar-refractivity contribution in [1.29, 1.82) is 0 Å². The van der Waals surface area contributed by atoms with Gasteiger partial charge in [-0.1, -0.05) is 37.6 Å². The molecule has 0 saturated heterocycles. The van der Waals surface area contributed by atoms with Crippen LogP contribution in [-0.4, -0.2) is 5.78 Å². The molecule has 0 aromatic heterocycles. The molecule has 15 heavy (non-hydrogen) atoms. The number of Topliss-reactive ketones (excluding diaryl/α,β-unsaturated/α-hetero) is 1. The molecule has 0 saturated carbocycles. The van der Waals surface area contributed by atoms with Crippen molar-refractivity contribution < 1.29 is 4.79 Å². The molecule has 1 nitrogen and oxygen atoms in total. The number of rotatable bonds is 4. The number of hydrogen-bond acceptors (Lipinski definition) is 1. The van der Waals surface area contributed by atoms with Crippen LogP contribution in [0.4, 0.5) is 0 Å². The van der Waals surface area contributed by atoms with Crippen LogP contribution >= 0.6 is 11.6 Å². The van der Waals surface area contributed by atoms with Crippen molar-refractivity contribution in [3.8, 4) is 0 Å². The lowest BCUT2D eigenvalue weighted by Crippen LogP contribution is -2.10. The van der Waals surface area contributed by atoms with E-state index in [1.807, 2.05) is 24.3 Å². The lowest BCUT2D eigenvalue weighted by Gasteiger charge is -2.20. The van der Waals surface area contributed by atoms with Crippen molar-refractivity contribution in [3.05, 3.63) is 34.9 Å². The van der Waals surface area contributed by atoms with Gasteiger partial charge in [-0.3, -0.25) is 0 Å². The Balaban J connectivity index is 2.93. The molecule has 82 valence electrons. The van der Waals surface area contributed by atoms with Gasteiger partial charge in [-0.15, -0.1) is 0 Å². The van der Waals surface area contributed by atoms with E-state index in [4.69, 9.17) is 11.6 Å². The fourth-order valence-corrected chi connectivity index (χ4v) is 1.98. The highest BCUT2D eigenvalue weighted by atomic mass is 35.5. The van der Waals surface area contributed by atoms with Crippen LogP contribution in [-0.2, 0) is 4.79 Å². The van der Waals surface area contributed by atoms with E-state index < -0.39 is 0 Å². The second kappa shape index (κ2) is 5.32. The zero-order chi connectivity index (χ0) is 11.4. The molecule has 0 heterocycles. The van der Waals surface area contributed by atoms with Gasteiger partial charge in [-0.05, 0) is 36.5 Å². The van der Waals surface area contributed by atoms with Gasteiger partial charge in [0.25, 0.3) is 0 Å². The smallest absolute Gasteiger partial charge is 0.130 e. The van der Waals surface area contributed by atoms with E-state index in [1.54, 1.807) is 6.92 Å². The monoisotopic (exact) mass is 224 g/mol.